The fourth-order valence-electron chi connectivity index (χ4n) is 5.51. The van der Waals surface area contributed by atoms with Gasteiger partial charge in [0.1, 0.15) is 6.04 Å². The van der Waals surface area contributed by atoms with E-state index in [0.717, 1.165) is 36.3 Å². The van der Waals surface area contributed by atoms with Crippen LogP contribution >= 0.6 is 22.9 Å². The third-order valence-electron chi connectivity index (χ3n) is 7.25. The Hall–Kier alpha value is -2.29. The average Bonchev–Trinajstić information content (AvgIpc) is 3.60. The lowest BCUT2D eigenvalue weighted by Gasteiger charge is -2.35. The van der Waals surface area contributed by atoms with Crippen LogP contribution in [0.2, 0.25) is 0 Å². The summed E-state index contributed by atoms with van der Waals surface area (Å²) in [5.74, 6) is -0.124. The minimum Gasteiger partial charge on any atom is -0.374 e. The molecule has 2 amide bonds. The minimum absolute atomic E-state index is 0.0484. The number of carbonyl (C=O) groups is 2. The Labute approximate surface area is 208 Å². The molecule has 0 spiro atoms. The van der Waals surface area contributed by atoms with Gasteiger partial charge in [0, 0.05) is 24.9 Å². The largest absolute Gasteiger partial charge is 0.374 e. The molecular formula is C25H29ClN4O3S. The Bertz CT molecular complexity index is 1040. The molecule has 5 atom stereocenters. The fourth-order valence-corrected chi connectivity index (χ4v) is 6.75. The molecule has 34 heavy (non-hydrogen) atoms. The molecule has 1 N–H and O–H groups in total. The molecule has 3 aliphatic rings. The number of halogens is 1. The van der Waals surface area contributed by atoms with E-state index in [9.17, 15) is 9.59 Å². The van der Waals surface area contributed by atoms with Crippen LogP contribution in [0.25, 0.3) is 10.6 Å². The first-order valence-corrected chi connectivity index (χ1v) is 13.2. The first-order chi connectivity index (χ1) is 16.6. The summed E-state index contributed by atoms with van der Waals surface area (Å²) in [5.41, 5.74) is 0.722. The molecule has 1 aliphatic carbocycles. The summed E-state index contributed by atoms with van der Waals surface area (Å²) in [5, 5.41) is 2.85. The zero-order chi connectivity index (χ0) is 23.7. The highest BCUT2D eigenvalue weighted by atomic mass is 35.5. The summed E-state index contributed by atoms with van der Waals surface area (Å²) in [6.45, 7) is 4.88. The summed E-state index contributed by atoms with van der Waals surface area (Å²) in [4.78, 5) is 38.9. The van der Waals surface area contributed by atoms with Crippen molar-refractivity contribution in [2.75, 3.05) is 13.2 Å². The first-order valence-electron chi connectivity index (χ1n) is 11.9. The van der Waals surface area contributed by atoms with Crippen molar-refractivity contribution in [3.8, 4) is 10.6 Å². The molecule has 2 aromatic heterocycles. The number of fused-ring (bicyclic) bond motifs is 1. The number of thiophene rings is 1. The van der Waals surface area contributed by atoms with Crippen LogP contribution in [-0.2, 0) is 9.53 Å². The van der Waals surface area contributed by atoms with Gasteiger partial charge in [-0.15, -0.1) is 29.5 Å². The number of alkyl halides is 1. The molecular weight excluding hydrogens is 472 g/mol. The Morgan fingerprint density at radius 1 is 1.26 bits per heavy atom. The smallest absolute Gasteiger partial charge is 0.262 e. The number of nitrogens with one attached hydrogen (secondary N) is 1. The van der Waals surface area contributed by atoms with Crippen LogP contribution in [0.1, 0.15) is 41.8 Å². The highest BCUT2D eigenvalue weighted by molar-refractivity contribution is 7.17. The molecule has 4 heterocycles. The second kappa shape index (κ2) is 10.1. The van der Waals surface area contributed by atoms with Crippen LogP contribution in [0.3, 0.4) is 0 Å². The van der Waals surface area contributed by atoms with Gasteiger partial charge in [0.25, 0.3) is 5.91 Å². The highest BCUT2D eigenvalue weighted by Crippen LogP contribution is 2.38. The summed E-state index contributed by atoms with van der Waals surface area (Å²) < 4.78 is 5.90. The summed E-state index contributed by atoms with van der Waals surface area (Å²) in [6.07, 6.45) is 11.8. The van der Waals surface area contributed by atoms with Crippen LogP contribution < -0.4 is 5.32 Å². The van der Waals surface area contributed by atoms with Crippen molar-refractivity contribution in [3.05, 3.63) is 48.3 Å². The Balaban J connectivity index is 1.37. The molecule has 9 heteroatoms. The van der Waals surface area contributed by atoms with E-state index in [1.54, 1.807) is 24.7 Å². The Kier molecular flexibility index (Phi) is 6.99. The lowest BCUT2D eigenvalue weighted by molar-refractivity contribution is -0.136. The van der Waals surface area contributed by atoms with Gasteiger partial charge in [0.05, 0.1) is 45.8 Å². The maximum absolute atomic E-state index is 13.9. The van der Waals surface area contributed by atoms with Gasteiger partial charge in [-0.3, -0.25) is 19.6 Å². The van der Waals surface area contributed by atoms with E-state index < -0.39 is 6.04 Å². The van der Waals surface area contributed by atoms with Crippen molar-refractivity contribution < 1.29 is 14.3 Å². The zero-order valence-electron chi connectivity index (χ0n) is 18.9. The van der Waals surface area contributed by atoms with Gasteiger partial charge >= 0.3 is 0 Å². The number of nitrogens with zero attached hydrogens (tertiary/aromatic N) is 3. The van der Waals surface area contributed by atoms with E-state index in [4.69, 9.17) is 16.3 Å². The van der Waals surface area contributed by atoms with Gasteiger partial charge in [0.15, 0.2) is 0 Å². The number of hydrogen-bond donors (Lipinski definition) is 1. The number of carbonyl (C=O) groups excluding carboxylic acids is 2. The predicted molar refractivity (Wildman–Crippen MR) is 132 cm³/mol. The standard InChI is InChI=1S/C25H29ClN4O3S/c1-2-15-14-33-23-17(26)13-30(22(15)23)25(32)21(16-6-4-3-5-7-16)29-24(31)20-9-8-19(34-20)18-12-27-10-11-28-18/h2,8-12,15-17,21-23H,1,3-7,13-14H2,(H,29,31)/t15-,17-,21-,22?,23?/m0/s1. The molecule has 0 radical (unpaired) electrons. The number of rotatable bonds is 6. The molecule has 0 bridgehead atoms. The van der Waals surface area contributed by atoms with E-state index in [1.165, 1.54) is 17.8 Å². The van der Waals surface area contributed by atoms with E-state index in [0.29, 0.717) is 18.0 Å². The Morgan fingerprint density at radius 3 is 2.82 bits per heavy atom. The minimum atomic E-state index is -0.580. The van der Waals surface area contributed by atoms with Gasteiger partial charge in [0.2, 0.25) is 5.91 Å². The van der Waals surface area contributed by atoms with Gasteiger partial charge in [-0.25, -0.2) is 0 Å². The number of amides is 2. The van der Waals surface area contributed by atoms with Crippen LogP contribution in [0.15, 0.2) is 43.4 Å². The van der Waals surface area contributed by atoms with Crippen LogP contribution in [0, 0.1) is 11.8 Å². The number of likely N-dealkylation sites (tertiary alicyclic amines) is 1. The lowest BCUT2D eigenvalue weighted by Crippen LogP contribution is -2.55. The van der Waals surface area contributed by atoms with Crippen molar-refractivity contribution in [2.45, 2.75) is 55.7 Å². The van der Waals surface area contributed by atoms with Gasteiger partial charge in [-0.05, 0) is 30.9 Å². The Morgan fingerprint density at radius 2 is 2.09 bits per heavy atom. The van der Waals surface area contributed by atoms with Crippen molar-refractivity contribution in [3.63, 3.8) is 0 Å². The van der Waals surface area contributed by atoms with Crippen molar-refractivity contribution in [1.29, 1.82) is 0 Å². The van der Waals surface area contributed by atoms with E-state index >= 15 is 0 Å². The third kappa shape index (κ3) is 4.51. The van der Waals surface area contributed by atoms with Gasteiger partial charge in [-0.2, -0.15) is 0 Å². The van der Waals surface area contributed by atoms with Gasteiger partial charge in [-0.1, -0.05) is 25.3 Å². The molecule has 2 unspecified atom stereocenters. The van der Waals surface area contributed by atoms with E-state index in [2.05, 4.69) is 21.9 Å². The quantitative estimate of drug-likeness (QED) is 0.480. The molecule has 0 aromatic carbocycles. The number of hydrogen-bond acceptors (Lipinski definition) is 6. The molecule has 1 saturated carbocycles. The molecule has 2 saturated heterocycles. The second-order valence-corrected chi connectivity index (χ2v) is 10.9. The summed E-state index contributed by atoms with van der Waals surface area (Å²) >= 11 is 7.93. The fraction of sp³-hybridized carbons (Fsp3) is 0.520. The molecule has 2 aromatic rings. The van der Waals surface area contributed by atoms with Crippen molar-refractivity contribution in [1.82, 2.24) is 20.2 Å². The van der Waals surface area contributed by atoms with Crippen LogP contribution in [-0.4, -0.2) is 63.4 Å². The van der Waals surface area contributed by atoms with Crippen LogP contribution in [0.4, 0.5) is 0 Å². The zero-order valence-corrected chi connectivity index (χ0v) is 20.5. The average molecular weight is 501 g/mol. The van der Waals surface area contributed by atoms with Crippen molar-refractivity contribution >= 4 is 34.8 Å². The molecule has 5 rings (SSSR count). The maximum atomic E-state index is 13.9. The number of aromatic nitrogens is 2. The lowest BCUT2D eigenvalue weighted by atomic mass is 9.83. The normalized spacial score (nSPS) is 27.9. The van der Waals surface area contributed by atoms with Gasteiger partial charge < -0.3 is 15.0 Å². The predicted octanol–water partition coefficient (Wildman–Crippen LogP) is 3.90. The van der Waals surface area contributed by atoms with E-state index in [-0.39, 0.29) is 41.2 Å². The SMILES string of the molecule is C=C[C@H]1COC2C1N(C(=O)[C@@H](NC(=O)c1ccc(-c3cnccn3)s1)C1CCCCC1)C[C@@H]2Cl. The maximum Gasteiger partial charge on any atom is 0.262 e. The summed E-state index contributed by atoms with van der Waals surface area (Å²) in [7, 11) is 0. The van der Waals surface area contributed by atoms with Crippen molar-refractivity contribution in [2.24, 2.45) is 11.8 Å². The topological polar surface area (TPSA) is 84.4 Å². The molecule has 7 nitrogen and oxygen atoms in total. The summed E-state index contributed by atoms with van der Waals surface area (Å²) in [6, 6.07) is 2.95. The molecule has 180 valence electrons. The number of ether oxygens (including phenoxy) is 1. The molecule has 3 fully saturated rings. The molecule has 2 aliphatic heterocycles. The monoisotopic (exact) mass is 500 g/mol. The second-order valence-electron chi connectivity index (χ2n) is 9.30. The highest BCUT2D eigenvalue weighted by Gasteiger charge is 2.52. The first kappa shape index (κ1) is 23.5. The van der Waals surface area contributed by atoms with Crippen LogP contribution in [0.5, 0.6) is 0 Å². The third-order valence-corrected chi connectivity index (χ3v) is 8.74. The van der Waals surface area contributed by atoms with E-state index in [1.807, 2.05) is 17.0 Å².